The van der Waals surface area contributed by atoms with E-state index in [1.54, 1.807) is 6.07 Å². The number of hydrogen-bond donors (Lipinski definition) is 1. The Morgan fingerprint density at radius 3 is 2.37 bits per heavy atom. The molecule has 0 aliphatic carbocycles. The zero-order chi connectivity index (χ0) is 26.6. The number of carbonyl (C=O) groups excluding carboxylic acids is 1. The fourth-order valence-electron chi connectivity index (χ4n) is 4.81. The zero-order valence-corrected chi connectivity index (χ0v) is 22.0. The van der Waals surface area contributed by atoms with Crippen molar-refractivity contribution in [3.63, 3.8) is 0 Å². The molecule has 2 amide bonds. The van der Waals surface area contributed by atoms with Crippen LogP contribution in [0.2, 0.25) is 0 Å². The minimum Gasteiger partial charge on any atom is -0.353 e. The van der Waals surface area contributed by atoms with Gasteiger partial charge < -0.3 is 15.1 Å². The number of aromatic nitrogens is 2. The van der Waals surface area contributed by atoms with E-state index in [4.69, 9.17) is 9.97 Å². The lowest BCUT2D eigenvalue weighted by atomic mass is 10.0. The van der Waals surface area contributed by atoms with Crippen molar-refractivity contribution in [2.24, 2.45) is 0 Å². The Labute approximate surface area is 223 Å². The quantitative estimate of drug-likeness (QED) is 0.350. The molecule has 1 aliphatic heterocycles. The SMILES string of the molecule is Cc1cccc(NC(=O)N2CCN(c3nc(-c4cccc(F)c4)nc(C)c3Cc3ccccc3)CC2)c1C. The van der Waals surface area contributed by atoms with Crippen molar-refractivity contribution in [2.75, 3.05) is 36.4 Å². The van der Waals surface area contributed by atoms with Gasteiger partial charge in [0, 0.05) is 55.1 Å². The third kappa shape index (κ3) is 5.52. The van der Waals surface area contributed by atoms with Crippen molar-refractivity contribution in [1.82, 2.24) is 14.9 Å². The van der Waals surface area contributed by atoms with Crippen LogP contribution in [0, 0.1) is 26.6 Å². The van der Waals surface area contributed by atoms with E-state index < -0.39 is 0 Å². The molecule has 0 radical (unpaired) electrons. The highest BCUT2D eigenvalue weighted by Crippen LogP contribution is 2.29. The summed E-state index contributed by atoms with van der Waals surface area (Å²) in [7, 11) is 0. The van der Waals surface area contributed by atoms with Crippen molar-refractivity contribution in [3.05, 3.63) is 107 Å². The first kappa shape index (κ1) is 25.4. The van der Waals surface area contributed by atoms with Crippen LogP contribution in [0.25, 0.3) is 11.4 Å². The average Bonchev–Trinajstić information content (AvgIpc) is 2.93. The molecule has 1 saturated heterocycles. The molecule has 1 fully saturated rings. The second-order valence-corrected chi connectivity index (χ2v) is 9.76. The minimum absolute atomic E-state index is 0.0952. The molecule has 1 N–H and O–H groups in total. The van der Waals surface area contributed by atoms with Gasteiger partial charge in [0.15, 0.2) is 5.82 Å². The van der Waals surface area contributed by atoms with E-state index in [0.717, 1.165) is 33.9 Å². The molecule has 38 heavy (non-hydrogen) atoms. The Morgan fingerprint density at radius 2 is 1.63 bits per heavy atom. The monoisotopic (exact) mass is 509 g/mol. The first-order valence-electron chi connectivity index (χ1n) is 12.9. The maximum Gasteiger partial charge on any atom is 0.321 e. The van der Waals surface area contributed by atoms with Gasteiger partial charge >= 0.3 is 6.03 Å². The number of amides is 2. The number of piperazine rings is 1. The second kappa shape index (κ2) is 11.0. The summed E-state index contributed by atoms with van der Waals surface area (Å²) in [5.74, 6) is 1.03. The van der Waals surface area contributed by atoms with Crippen LogP contribution in [-0.4, -0.2) is 47.1 Å². The molecule has 6 nitrogen and oxygen atoms in total. The molecule has 7 heteroatoms. The largest absolute Gasteiger partial charge is 0.353 e. The van der Waals surface area contributed by atoms with E-state index >= 15 is 0 Å². The molecule has 0 atom stereocenters. The summed E-state index contributed by atoms with van der Waals surface area (Å²) in [6.45, 7) is 8.46. The molecule has 5 rings (SSSR count). The maximum absolute atomic E-state index is 14.0. The highest BCUT2D eigenvalue weighted by atomic mass is 19.1. The van der Waals surface area contributed by atoms with E-state index in [9.17, 15) is 9.18 Å². The van der Waals surface area contributed by atoms with E-state index in [2.05, 4.69) is 22.3 Å². The van der Waals surface area contributed by atoms with Crippen molar-refractivity contribution in [3.8, 4) is 11.4 Å². The number of benzene rings is 3. The molecular formula is C31H32FN5O. The van der Waals surface area contributed by atoms with Gasteiger partial charge in [-0.2, -0.15) is 0 Å². The molecule has 1 aromatic heterocycles. The minimum atomic E-state index is -0.317. The van der Waals surface area contributed by atoms with Crippen LogP contribution < -0.4 is 10.2 Å². The van der Waals surface area contributed by atoms with Crippen LogP contribution in [-0.2, 0) is 6.42 Å². The van der Waals surface area contributed by atoms with E-state index in [-0.39, 0.29) is 11.8 Å². The van der Waals surface area contributed by atoms with Crippen molar-refractivity contribution < 1.29 is 9.18 Å². The van der Waals surface area contributed by atoms with Gasteiger partial charge in [0.1, 0.15) is 11.6 Å². The molecule has 0 saturated carbocycles. The molecule has 194 valence electrons. The fourth-order valence-corrected chi connectivity index (χ4v) is 4.81. The van der Waals surface area contributed by atoms with Gasteiger partial charge in [-0.25, -0.2) is 19.2 Å². The first-order chi connectivity index (χ1) is 18.4. The summed E-state index contributed by atoms with van der Waals surface area (Å²) < 4.78 is 14.0. The van der Waals surface area contributed by atoms with Crippen molar-refractivity contribution in [2.45, 2.75) is 27.2 Å². The van der Waals surface area contributed by atoms with Crippen LogP contribution in [0.15, 0.2) is 72.8 Å². The van der Waals surface area contributed by atoms with Gasteiger partial charge in [0.2, 0.25) is 0 Å². The number of hydrogen-bond acceptors (Lipinski definition) is 4. The number of nitrogens with zero attached hydrogens (tertiary/aromatic N) is 4. The van der Waals surface area contributed by atoms with Gasteiger partial charge in [-0.05, 0) is 55.7 Å². The third-order valence-corrected chi connectivity index (χ3v) is 7.21. The molecule has 0 bridgehead atoms. The molecular weight excluding hydrogens is 477 g/mol. The Morgan fingerprint density at radius 1 is 0.895 bits per heavy atom. The van der Waals surface area contributed by atoms with Gasteiger partial charge in [0.25, 0.3) is 0 Å². The highest BCUT2D eigenvalue weighted by Gasteiger charge is 2.26. The summed E-state index contributed by atoms with van der Waals surface area (Å²) in [6, 6.07) is 22.5. The lowest BCUT2D eigenvalue weighted by Crippen LogP contribution is -2.50. The predicted molar refractivity (Wildman–Crippen MR) is 150 cm³/mol. The van der Waals surface area contributed by atoms with Crippen LogP contribution in [0.4, 0.5) is 20.7 Å². The van der Waals surface area contributed by atoms with Gasteiger partial charge in [-0.3, -0.25) is 0 Å². The summed E-state index contributed by atoms with van der Waals surface area (Å²) >= 11 is 0. The first-order valence-corrected chi connectivity index (χ1v) is 12.9. The standard InChI is InChI=1S/C31H32FN5O/c1-21-9-7-14-28(22(21)2)34-31(38)37-17-15-36(16-18-37)30-27(19-24-10-5-4-6-11-24)23(3)33-29(35-30)25-12-8-13-26(32)20-25/h4-14,20H,15-19H2,1-3H3,(H,34,38). The molecule has 0 spiro atoms. The van der Waals surface area contributed by atoms with Gasteiger partial charge in [-0.1, -0.05) is 54.6 Å². The summed E-state index contributed by atoms with van der Waals surface area (Å²) in [5, 5.41) is 3.07. The summed E-state index contributed by atoms with van der Waals surface area (Å²) in [5.41, 5.74) is 6.79. The van der Waals surface area contributed by atoms with Gasteiger partial charge in [-0.15, -0.1) is 0 Å². The smallest absolute Gasteiger partial charge is 0.321 e. The van der Waals surface area contributed by atoms with Crippen molar-refractivity contribution >= 4 is 17.5 Å². The number of halogens is 1. The molecule has 4 aromatic rings. The molecule has 2 heterocycles. The zero-order valence-electron chi connectivity index (χ0n) is 22.0. The summed E-state index contributed by atoms with van der Waals surface area (Å²) in [6.07, 6.45) is 0.693. The normalized spacial score (nSPS) is 13.5. The topological polar surface area (TPSA) is 61.4 Å². The second-order valence-electron chi connectivity index (χ2n) is 9.76. The highest BCUT2D eigenvalue weighted by molar-refractivity contribution is 5.90. The average molecular weight is 510 g/mol. The Bertz CT molecular complexity index is 1450. The van der Waals surface area contributed by atoms with Crippen molar-refractivity contribution in [1.29, 1.82) is 0 Å². The number of anilines is 2. The van der Waals surface area contributed by atoms with E-state index in [1.165, 1.54) is 17.7 Å². The number of rotatable bonds is 5. The van der Waals surface area contributed by atoms with E-state index in [1.807, 2.05) is 68.1 Å². The Hall–Kier alpha value is -4.26. The van der Waals surface area contributed by atoms with Crippen LogP contribution in [0.5, 0.6) is 0 Å². The molecule has 1 aliphatic rings. The summed E-state index contributed by atoms with van der Waals surface area (Å²) in [4.78, 5) is 26.8. The lowest BCUT2D eigenvalue weighted by molar-refractivity contribution is 0.208. The van der Waals surface area contributed by atoms with Crippen LogP contribution in [0.3, 0.4) is 0 Å². The van der Waals surface area contributed by atoms with Gasteiger partial charge in [0.05, 0.1) is 0 Å². The maximum atomic E-state index is 14.0. The lowest BCUT2D eigenvalue weighted by Gasteiger charge is -2.36. The molecule has 3 aromatic carbocycles. The van der Waals surface area contributed by atoms with E-state index in [0.29, 0.717) is 44.0 Å². The van der Waals surface area contributed by atoms with Crippen LogP contribution >= 0.6 is 0 Å². The number of urea groups is 1. The predicted octanol–water partition coefficient (Wildman–Crippen LogP) is 6.15. The Balaban J connectivity index is 1.40. The molecule has 0 unspecified atom stereocenters. The number of carbonyl (C=O) groups is 1. The number of nitrogens with one attached hydrogen (secondary N) is 1. The Kier molecular flexibility index (Phi) is 7.36. The third-order valence-electron chi connectivity index (χ3n) is 7.21. The fraction of sp³-hybridized carbons (Fsp3) is 0.258. The van der Waals surface area contributed by atoms with Crippen LogP contribution in [0.1, 0.15) is 27.9 Å². The number of aryl methyl sites for hydroxylation is 2.